The average molecular weight is 240 g/mol. The van der Waals surface area contributed by atoms with E-state index in [1.165, 1.54) is 12.4 Å². The van der Waals surface area contributed by atoms with Crippen LogP contribution in [0.25, 0.3) is 5.65 Å². The maximum Gasteiger partial charge on any atom is 0.358 e. The number of ether oxygens (including phenoxy) is 1. The molecule has 0 saturated carbocycles. The molecular formula is C10H10ClN3O2. The summed E-state index contributed by atoms with van der Waals surface area (Å²) in [5.74, 6) is -0.466. The molecule has 84 valence electrons. The standard InChI is InChI=1S/C10H10ClN3O2/c1-3-16-10(15)7-5-14-8(4-12-7)13-6(2)9(14)11/h4-5H,3H2,1-2H3. The van der Waals surface area contributed by atoms with Crippen LogP contribution in [-0.2, 0) is 4.74 Å². The normalized spacial score (nSPS) is 10.7. The second-order valence-corrected chi connectivity index (χ2v) is 3.57. The molecule has 0 radical (unpaired) electrons. The predicted molar refractivity (Wildman–Crippen MR) is 58.7 cm³/mol. The van der Waals surface area contributed by atoms with Gasteiger partial charge in [0.2, 0.25) is 0 Å². The third-order valence-corrected chi connectivity index (χ3v) is 2.55. The molecule has 0 bridgehead atoms. The van der Waals surface area contributed by atoms with Crippen molar-refractivity contribution >= 4 is 23.2 Å². The van der Waals surface area contributed by atoms with Gasteiger partial charge in [-0.1, -0.05) is 11.6 Å². The number of imidazole rings is 1. The molecule has 0 aliphatic carbocycles. The van der Waals surface area contributed by atoms with Gasteiger partial charge in [0.05, 0.1) is 18.5 Å². The molecular weight excluding hydrogens is 230 g/mol. The van der Waals surface area contributed by atoms with Gasteiger partial charge in [0.15, 0.2) is 11.3 Å². The molecule has 5 nitrogen and oxygen atoms in total. The molecule has 2 heterocycles. The molecule has 2 rings (SSSR count). The number of rotatable bonds is 2. The van der Waals surface area contributed by atoms with Gasteiger partial charge >= 0.3 is 5.97 Å². The van der Waals surface area contributed by atoms with Crippen LogP contribution in [-0.4, -0.2) is 26.9 Å². The van der Waals surface area contributed by atoms with E-state index in [9.17, 15) is 4.79 Å². The lowest BCUT2D eigenvalue weighted by atomic mass is 10.4. The number of esters is 1. The molecule has 0 fully saturated rings. The van der Waals surface area contributed by atoms with E-state index in [1.807, 2.05) is 0 Å². The molecule has 0 amide bonds. The Labute approximate surface area is 97.0 Å². The summed E-state index contributed by atoms with van der Waals surface area (Å²) in [7, 11) is 0. The van der Waals surface area contributed by atoms with E-state index in [0.29, 0.717) is 23.1 Å². The molecule has 2 aromatic heterocycles. The Morgan fingerprint density at radius 2 is 2.38 bits per heavy atom. The summed E-state index contributed by atoms with van der Waals surface area (Å²) in [5.41, 5.74) is 1.52. The minimum atomic E-state index is -0.466. The minimum absolute atomic E-state index is 0.216. The predicted octanol–water partition coefficient (Wildman–Crippen LogP) is 1.87. The maximum atomic E-state index is 11.4. The molecule has 0 unspecified atom stereocenters. The number of carbonyl (C=O) groups excluding carboxylic acids is 1. The lowest BCUT2D eigenvalue weighted by molar-refractivity contribution is 0.0519. The summed E-state index contributed by atoms with van der Waals surface area (Å²) in [6, 6.07) is 0. The fourth-order valence-electron chi connectivity index (χ4n) is 1.35. The summed E-state index contributed by atoms with van der Waals surface area (Å²) in [6.07, 6.45) is 3.01. The van der Waals surface area contributed by atoms with Gasteiger partial charge in [0.1, 0.15) is 5.15 Å². The Balaban J connectivity index is 2.50. The summed E-state index contributed by atoms with van der Waals surface area (Å²) in [6.45, 7) is 3.85. The summed E-state index contributed by atoms with van der Waals surface area (Å²) in [4.78, 5) is 19.6. The van der Waals surface area contributed by atoms with Crippen LogP contribution in [0.15, 0.2) is 12.4 Å². The van der Waals surface area contributed by atoms with E-state index in [1.54, 1.807) is 18.2 Å². The molecule has 6 heteroatoms. The summed E-state index contributed by atoms with van der Waals surface area (Å²) >= 11 is 6.02. The van der Waals surface area contributed by atoms with Gasteiger partial charge in [-0.3, -0.25) is 4.40 Å². The van der Waals surface area contributed by atoms with Crippen LogP contribution in [0.3, 0.4) is 0 Å². The van der Waals surface area contributed by atoms with Gasteiger partial charge in [0, 0.05) is 6.20 Å². The Morgan fingerprint density at radius 3 is 3.06 bits per heavy atom. The Morgan fingerprint density at radius 1 is 1.62 bits per heavy atom. The first-order valence-corrected chi connectivity index (χ1v) is 5.18. The van der Waals surface area contributed by atoms with Crippen molar-refractivity contribution in [3.63, 3.8) is 0 Å². The Kier molecular flexibility index (Phi) is 2.78. The van der Waals surface area contributed by atoms with Gasteiger partial charge < -0.3 is 4.74 Å². The van der Waals surface area contributed by atoms with E-state index < -0.39 is 5.97 Å². The lowest BCUT2D eigenvalue weighted by Crippen LogP contribution is -2.08. The second kappa shape index (κ2) is 4.09. The zero-order chi connectivity index (χ0) is 11.7. The van der Waals surface area contributed by atoms with E-state index in [-0.39, 0.29) is 5.69 Å². The van der Waals surface area contributed by atoms with Crippen molar-refractivity contribution in [2.75, 3.05) is 6.61 Å². The van der Waals surface area contributed by atoms with E-state index in [0.717, 1.165) is 0 Å². The van der Waals surface area contributed by atoms with E-state index >= 15 is 0 Å². The number of carbonyl (C=O) groups is 1. The number of aromatic nitrogens is 3. The highest BCUT2D eigenvalue weighted by molar-refractivity contribution is 6.30. The minimum Gasteiger partial charge on any atom is -0.461 e. The third-order valence-electron chi connectivity index (χ3n) is 2.09. The Bertz CT molecular complexity index is 550. The highest BCUT2D eigenvalue weighted by Crippen LogP contribution is 2.17. The molecule has 0 atom stereocenters. The highest BCUT2D eigenvalue weighted by atomic mass is 35.5. The molecule has 0 aliphatic heterocycles. The molecule has 16 heavy (non-hydrogen) atoms. The highest BCUT2D eigenvalue weighted by Gasteiger charge is 2.12. The van der Waals surface area contributed by atoms with Crippen LogP contribution < -0.4 is 0 Å². The number of fused-ring (bicyclic) bond motifs is 1. The van der Waals surface area contributed by atoms with Crippen LogP contribution >= 0.6 is 11.6 Å². The maximum absolute atomic E-state index is 11.4. The Hall–Kier alpha value is -1.62. The topological polar surface area (TPSA) is 56.5 Å². The van der Waals surface area contributed by atoms with E-state index in [2.05, 4.69) is 9.97 Å². The molecule has 0 aliphatic rings. The van der Waals surface area contributed by atoms with Crippen LogP contribution in [0.4, 0.5) is 0 Å². The smallest absolute Gasteiger partial charge is 0.358 e. The molecule has 0 spiro atoms. The van der Waals surface area contributed by atoms with Gasteiger partial charge in [-0.2, -0.15) is 0 Å². The first-order chi connectivity index (χ1) is 7.63. The van der Waals surface area contributed by atoms with E-state index in [4.69, 9.17) is 16.3 Å². The van der Waals surface area contributed by atoms with Crippen molar-refractivity contribution in [3.05, 3.63) is 28.9 Å². The fourth-order valence-corrected chi connectivity index (χ4v) is 1.53. The molecule has 2 aromatic rings. The lowest BCUT2D eigenvalue weighted by Gasteiger charge is -2.01. The van der Waals surface area contributed by atoms with Crippen molar-refractivity contribution in [2.24, 2.45) is 0 Å². The zero-order valence-electron chi connectivity index (χ0n) is 8.90. The van der Waals surface area contributed by atoms with Gasteiger partial charge in [-0.05, 0) is 13.8 Å². The van der Waals surface area contributed by atoms with Crippen molar-refractivity contribution in [2.45, 2.75) is 13.8 Å². The quantitative estimate of drug-likeness (QED) is 0.751. The van der Waals surface area contributed by atoms with Crippen LogP contribution in [0, 0.1) is 6.92 Å². The number of aryl methyl sites for hydroxylation is 1. The third kappa shape index (κ3) is 1.74. The van der Waals surface area contributed by atoms with Crippen molar-refractivity contribution in [1.29, 1.82) is 0 Å². The first kappa shape index (κ1) is 10.9. The van der Waals surface area contributed by atoms with Crippen molar-refractivity contribution < 1.29 is 9.53 Å². The average Bonchev–Trinajstić information content (AvgIpc) is 2.55. The first-order valence-electron chi connectivity index (χ1n) is 4.80. The number of nitrogens with zero attached hydrogens (tertiary/aromatic N) is 3. The monoisotopic (exact) mass is 239 g/mol. The van der Waals surface area contributed by atoms with Gasteiger partial charge in [0.25, 0.3) is 0 Å². The SMILES string of the molecule is CCOC(=O)c1cn2c(Cl)c(C)nc2cn1. The molecule has 0 aromatic carbocycles. The van der Waals surface area contributed by atoms with Crippen LogP contribution in [0.2, 0.25) is 5.15 Å². The zero-order valence-corrected chi connectivity index (χ0v) is 9.65. The summed E-state index contributed by atoms with van der Waals surface area (Å²) < 4.78 is 6.45. The van der Waals surface area contributed by atoms with Gasteiger partial charge in [-0.15, -0.1) is 0 Å². The second-order valence-electron chi connectivity index (χ2n) is 3.21. The van der Waals surface area contributed by atoms with Crippen LogP contribution in [0.1, 0.15) is 23.1 Å². The number of halogens is 1. The van der Waals surface area contributed by atoms with Crippen LogP contribution in [0.5, 0.6) is 0 Å². The largest absolute Gasteiger partial charge is 0.461 e. The van der Waals surface area contributed by atoms with Crippen molar-refractivity contribution in [1.82, 2.24) is 14.4 Å². The van der Waals surface area contributed by atoms with Crippen molar-refractivity contribution in [3.8, 4) is 0 Å². The summed E-state index contributed by atoms with van der Waals surface area (Å²) in [5, 5.41) is 0.475. The fraction of sp³-hybridized carbons (Fsp3) is 0.300. The molecule has 0 saturated heterocycles. The van der Waals surface area contributed by atoms with Gasteiger partial charge in [-0.25, -0.2) is 14.8 Å². The number of hydrogen-bond acceptors (Lipinski definition) is 4. The number of hydrogen-bond donors (Lipinski definition) is 0. The molecule has 0 N–H and O–H groups in total.